The maximum Gasteiger partial charge on any atom is 0.246 e. The van der Waals surface area contributed by atoms with E-state index in [0.29, 0.717) is 13.1 Å². The molecule has 1 fully saturated rings. The maximum absolute atomic E-state index is 12.2. The molecule has 5 nitrogen and oxygen atoms in total. The average molecular weight is 322 g/mol. The second kappa shape index (κ2) is 7.07. The van der Waals surface area contributed by atoms with Gasteiger partial charge < -0.3 is 4.90 Å². The molecular weight excluding hydrogens is 300 g/mol. The third-order valence-electron chi connectivity index (χ3n) is 3.79. The number of piperidine rings is 1. The number of aryl methyl sites for hydroxylation is 1. The summed E-state index contributed by atoms with van der Waals surface area (Å²) in [6.45, 7) is 3.13. The molecule has 1 atom stereocenters. The van der Waals surface area contributed by atoms with E-state index in [0.717, 1.165) is 18.4 Å². The number of nitrogens with zero attached hydrogens (tertiary/aromatic N) is 1. The van der Waals surface area contributed by atoms with Crippen LogP contribution >= 0.6 is 0 Å². The first-order valence-corrected chi connectivity index (χ1v) is 9.09. The van der Waals surface area contributed by atoms with Gasteiger partial charge in [-0.3, -0.25) is 4.79 Å². The zero-order valence-electron chi connectivity index (χ0n) is 12.7. The Morgan fingerprint density at radius 3 is 2.68 bits per heavy atom. The molecule has 1 aliphatic heterocycles. The Balaban J connectivity index is 1.95. The summed E-state index contributed by atoms with van der Waals surface area (Å²) in [5.41, 5.74) is 2.14. The zero-order chi connectivity index (χ0) is 16.2. The second-order valence-corrected chi connectivity index (χ2v) is 7.53. The van der Waals surface area contributed by atoms with E-state index in [4.69, 9.17) is 5.14 Å². The Hall–Kier alpha value is -1.66. The molecule has 6 heteroatoms. The van der Waals surface area contributed by atoms with Gasteiger partial charge in [0.25, 0.3) is 0 Å². The SMILES string of the molecule is Cc1ccc(/C=C/C(=O)N2CCC[C@@H](CS(N)(=O)=O)C2)cc1. The number of hydrogen-bond acceptors (Lipinski definition) is 3. The minimum atomic E-state index is -3.49. The van der Waals surface area contributed by atoms with Crippen LogP contribution in [-0.4, -0.2) is 38.1 Å². The Bertz CT molecular complexity index is 650. The summed E-state index contributed by atoms with van der Waals surface area (Å²) in [6, 6.07) is 7.90. The van der Waals surface area contributed by atoms with E-state index in [9.17, 15) is 13.2 Å². The summed E-state index contributed by atoms with van der Waals surface area (Å²) in [4.78, 5) is 13.9. The first kappa shape index (κ1) is 16.7. The lowest BCUT2D eigenvalue weighted by molar-refractivity contribution is -0.127. The molecule has 0 spiro atoms. The highest BCUT2D eigenvalue weighted by Gasteiger charge is 2.25. The molecular formula is C16H22N2O3S. The lowest BCUT2D eigenvalue weighted by Crippen LogP contribution is -2.41. The normalized spacial score (nSPS) is 19.5. The van der Waals surface area contributed by atoms with Crippen molar-refractivity contribution in [3.8, 4) is 0 Å². The lowest BCUT2D eigenvalue weighted by atomic mass is 10.00. The fraction of sp³-hybridized carbons (Fsp3) is 0.438. The molecule has 1 amide bonds. The Morgan fingerprint density at radius 2 is 2.05 bits per heavy atom. The Kier molecular flexibility index (Phi) is 5.37. The predicted octanol–water partition coefficient (Wildman–Crippen LogP) is 1.54. The topological polar surface area (TPSA) is 80.5 Å². The van der Waals surface area contributed by atoms with Crippen LogP contribution < -0.4 is 5.14 Å². The second-order valence-electron chi connectivity index (χ2n) is 5.87. The van der Waals surface area contributed by atoms with Crippen LogP contribution in [0.2, 0.25) is 0 Å². The first-order valence-electron chi connectivity index (χ1n) is 7.37. The van der Waals surface area contributed by atoms with Crippen molar-refractivity contribution in [3.63, 3.8) is 0 Å². The van der Waals surface area contributed by atoms with Crippen molar-refractivity contribution >= 4 is 22.0 Å². The molecule has 1 saturated heterocycles. The van der Waals surface area contributed by atoms with Crippen molar-refractivity contribution in [2.24, 2.45) is 11.1 Å². The third kappa shape index (κ3) is 5.27. The largest absolute Gasteiger partial charge is 0.339 e. The summed E-state index contributed by atoms with van der Waals surface area (Å²) in [5.74, 6) is -0.210. The van der Waals surface area contributed by atoms with Gasteiger partial charge in [0, 0.05) is 19.2 Å². The Morgan fingerprint density at radius 1 is 1.36 bits per heavy atom. The molecule has 0 aromatic heterocycles. The van der Waals surface area contributed by atoms with E-state index >= 15 is 0 Å². The molecule has 1 aromatic rings. The van der Waals surface area contributed by atoms with Crippen LogP contribution in [-0.2, 0) is 14.8 Å². The van der Waals surface area contributed by atoms with E-state index in [1.54, 1.807) is 17.1 Å². The predicted molar refractivity (Wildman–Crippen MR) is 87.5 cm³/mol. The molecule has 22 heavy (non-hydrogen) atoms. The first-order chi connectivity index (χ1) is 10.3. The lowest BCUT2D eigenvalue weighted by Gasteiger charge is -2.31. The summed E-state index contributed by atoms with van der Waals surface area (Å²) in [5, 5.41) is 5.09. The molecule has 0 aliphatic carbocycles. The van der Waals surface area contributed by atoms with Crippen molar-refractivity contribution in [1.82, 2.24) is 4.90 Å². The van der Waals surface area contributed by atoms with Gasteiger partial charge in [0.2, 0.25) is 15.9 Å². The van der Waals surface area contributed by atoms with E-state index in [1.807, 2.05) is 31.2 Å². The van der Waals surface area contributed by atoms with Crippen molar-refractivity contribution in [1.29, 1.82) is 0 Å². The molecule has 0 bridgehead atoms. The molecule has 1 aliphatic rings. The van der Waals surface area contributed by atoms with Gasteiger partial charge in [-0.25, -0.2) is 13.6 Å². The number of nitrogens with two attached hydrogens (primary N) is 1. The summed E-state index contributed by atoms with van der Waals surface area (Å²) in [7, 11) is -3.49. The highest BCUT2D eigenvalue weighted by molar-refractivity contribution is 7.89. The van der Waals surface area contributed by atoms with Crippen LogP contribution in [0.25, 0.3) is 6.08 Å². The zero-order valence-corrected chi connectivity index (χ0v) is 13.6. The number of benzene rings is 1. The van der Waals surface area contributed by atoms with Gasteiger partial charge in [0.15, 0.2) is 0 Å². The van der Waals surface area contributed by atoms with Crippen LogP contribution in [0.5, 0.6) is 0 Å². The molecule has 1 heterocycles. The van der Waals surface area contributed by atoms with Crippen LogP contribution in [0.1, 0.15) is 24.0 Å². The average Bonchev–Trinajstić information content (AvgIpc) is 2.45. The van der Waals surface area contributed by atoms with Crippen molar-refractivity contribution in [2.75, 3.05) is 18.8 Å². The van der Waals surface area contributed by atoms with Gasteiger partial charge in [-0.1, -0.05) is 29.8 Å². The molecule has 2 N–H and O–H groups in total. The summed E-state index contributed by atoms with van der Waals surface area (Å²) in [6.07, 6.45) is 4.93. The van der Waals surface area contributed by atoms with Gasteiger partial charge in [0.1, 0.15) is 0 Å². The fourth-order valence-corrected chi connectivity index (χ4v) is 3.61. The van der Waals surface area contributed by atoms with Crippen LogP contribution in [0, 0.1) is 12.8 Å². The van der Waals surface area contributed by atoms with Crippen LogP contribution in [0.15, 0.2) is 30.3 Å². The van der Waals surface area contributed by atoms with Gasteiger partial charge in [0.05, 0.1) is 5.75 Å². The number of rotatable bonds is 4. The highest BCUT2D eigenvalue weighted by atomic mass is 32.2. The summed E-state index contributed by atoms with van der Waals surface area (Å²) >= 11 is 0. The fourth-order valence-electron chi connectivity index (χ4n) is 2.68. The van der Waals surface area contributed by atoms with Crippen molar-refractivity contribution in [2.45, 2.75) is 19.8 Å². The molecule has 2 rings (SSSR count). The number of hydrogen-bond donors (Lipinski definition) is 1. The van der Waals surface area contributed by atoms with Crippen molar-refractivity contribution < 1.29 is 13.2 Å². The summed E-state index contributed by atoms with van der Waals surface area (Å²) < 4.78 is 22.3. The third-order valence-corrected chi connectivity index (χ3v) is 4.73. The number of primary sulfonamides is 1. The van der Waals surface area contributed by atoms with E-state index in [-0.39, 0.29) is 17.6 Å². The number of likely N-dealkylation sites (tertiary alicyclic amines) is 1. The molecule has 120 valence electrons. The van der Waals surface area contributed by atoms with E-state index in [1.165, 1.54) is 5.56 Å². The quantitative estimate of drug-likeness (QED) is 0.854. The molecule has 1 aromatic carbocycles. The minimum Gasteiger partial charge on any atom is -0.339 e. The number of carbonyl (C=O) groups is 1. The molecule has 0 unspecified atom stereocenters. The van der Waals surface area contributed by atoms with Gasteiger partial charge in [-0.15, -0.1) is 0 Å². The Labute approximate surface area is 131 Å². The number of amides is 1. The minimum absolute atomic E-state index is 0.0571. The smallest absolute Gasteiger partial charge is 0.246 e. The van der Waals surface area contributed by atoms with Crippen LogP contribution in [0.4, 0.5) is 0 Å². The van der Waals surface area contributed by atoms with E-state index in [2.05, 4.69) is 0 Å². The molecule has 0 saturated carbocycles. The molecule has 0 radical (unpaired) electrons. The highest BCUT2D eigenvalue weighted by Crippen LogP contribution is 2.18. The monoisotopic (exact) mass is 322 g/mol. The van der Waals surface area contributed by atoms with Crippen LogP contribution in [0.3, 0.4) is 0 Å². The van der Waals surface area contributed by atoms with E-state index < -0.39 is 10.0 Å². The van der Waals surface area contributed by atoms with Crippen molar-refractivity contribution in [3.05, 3.63) is 41.5 Å². The maximum atomic E-state index is 12.2. The number of carbonyl (C=O) groups excluding carboxylic acids is 1. The van der Waals surface area contributed by atoms with Gasteiger partial charge >= 0.3 is 0 Å². The van der Waals surface area contributed by atoms with Gasteiger partial charge in [-0.05, 0) is 37.3 Å². The number of sulfonamides is 1. The standard InChI is InChI=1S/C16H22N2O3S/c1-13-4-6-14(7-5-13)8-9-16(19)18-10-2-3-15(11-18)12-22(17,20)21/h4-9,15H,2-3,10-12H2,1H3,(H2,17,20,21)/b9-8+/t15-/m1/s1. The van der Waals surface area contributed by atoms with Gasteiger partial charge in [-0.2, -0.15) is 0 Å².